The van der Waals surface area contributed by atoms with Gasteiger partial charge in [-0.2, -0.15) is 0 Å². The minimum atomic E-state index is -3.61. The summed E-state index contributed by atoms with van der Waals surface area (Å²) in [5.41, 5.74) is 3.19. The Morgan fingerprint density at radius 1 is 1.11 bits per heavy atom. The SMILES string of the molecule is CCCCCNC(=O)c1ccc2c(c1)CCCN2S(=O)(=O)c1ccc(C)cc1. The third-order valence-corrected chi connectivity index (χ3v) is 6.92. The number of hydrogen-bond acceptors (Lipinski definition) is 3. The van der Waals surface area contributed by atoms with Crippen molar-refractivity contribution in [2.45, 2.75) is 50.8 Å². The number of carbonyl (C=O) groups is 1. The Morgan fingerprint density at radius 3 is 2.57 bits per heavy atom. The molecule has 0 atom stereocenters. The number of sulfonamides is 1. The maximum absolute atomic E-state index is 13.1. The summed E-state index contributed by atoms with van der Waals surface area (Å²) in [5.74, 6) is -0.0996. The van der Waals surface area contributed by atoms with E-state index < -0.39 is 10.0 Å². The summed E-state index contributed by atoms with van der Waals surface area (Å²) in [5, 5.41) is 2.94. The molecule has 2 aromatic carbocycles. The molecule has 1 aliphatic heterocycles. The topological polar surface area (TPSA) is 66.5 Å². The van der Waals surface area contributed by atoms with Crippen molar-refractivity contribution in [1.82, 2.24) is 5.32 Å². The predicted molar refractivity (Wildman–Crippen MR) is 112 cm³/mol. The van der Waals surface area contributed by atoms with Crippen LogP contribution < -0.4 is 9.62 Å². The van der Waals surface area contributed by atoms with Gasteiger partial charge in [-0.25, -0.2) is 8.42 Å². The van der Waals surface area contributed by atoms with Gasteiger partial charge in [-0.1, -0.05) is 37.5 Å². The normalized spacial score (nSPS) is 13.9. The molecule has 28 heavy (non-hydrogen) atoms. The van der Waals surface area contributed by atoms with Gasteiger partial charge in [0.25, 0.3) is 15.9 Å². The van der Waals surface area contributed by atoms with E-state index in [0.717, 1.165) is 43.2 Å². The van der Waals surface area contributed by atoms with E-state index in [-0.39, 0.29) is 5.91 Å². The molecular weight excluding hydrogens is 372 g/mol. The van der Waals surface area contributed by atoms with Crippen molar-refractivity contribution in [3.05, 3.63) is 59.2 Å². The summed E-state index contributed by atoms with van der Waals surface area (Å²) in [4.78, 5) is 12.7. The molecule has 0 saturated heterocycles. The first-order valence-corrected chi connectivity index (χ1v) is 11.4. The van der Waals surface area contributed by atoms with Gasteiger partial charge >= 0.3 is 0 Å². The monoisotopic (exact) mass is 400 g/mol. The van der Waals surface area contributed by atoms with Gasteiger partial charge < -0.3 is 5.32 Å². The number of anilines is 1. The van der Waals surface area contributed by atoms with Gasteiger partial charge in [0, 0.05) is 18.7 Å². The fraction of sp³-hybridized carbons (Fsp3) is 0.409. The van der Waals surface area contributed by atoms with Crippen LogP contribution in [0.2, 0.25) is 0 Å². The van der Waals surface area contributed by atoms with Gasteiger partial charge in [0.15, 0.2) is 0 Å². The van der Waals surface area contributed by atoms with E-state index in [4.69, 9.17) is 0 Å². The molecular formula is C22H28N2O3S. The maximum Gasteiger partial charge on any atom is 0.264 e. The van der Waals surface area contributed by atoms with Crippen molar-refractivity contribution in [1.29, 1.82) is 0 Å². The lowest BCUT2D eigenvalue weighted by molar-refractivity contribution is 0.0953. The molecule has 0 bridgehead atoms. The van der Waals surface area contributed by atoms with Crippen LogP contribution >= 0.6 is 0 Å². The van der Waals surface area contributed by atoms with E-state index in [1.54, 1.807) is 24.3 Å². The minimum Gasteiger partial charge on any atom is -0.352 e. The largest absolute Gasteiger partial charge is 0.352 e. The highest BCUT2D eigenvalue weighted by atomic mass is 32.2. The second-order valence-corrected chi connectivity index (χ2v) is 9.16. The first kappa shape index (κ1) is 20.4. The number of nitrogens with one attached hydrogen (secondary N) is 1. The third kappa shape index (κ3) is 4.38. The molecule has 2 aromatic rings. The Kier molecular flexibility index (Phi) is 6.39. The number of amides is 1. The number of nitrogens with zero attached hydrogens (tertiary/aromatic N) is 1. The Balaban J connectivity index is 1.82. The van der Waals surface area contributed by atoms with Gasteiger partial charge in [-0.3, -0.25) is 9.10 Å². The van der Waals surface area contributed by atoms with E-state index in [0.29, 0.717) is 29.2 Å². The smallest absolute Gasteiger partial charge is 0.264 e. The summed E-state index contributed by atoms with van der Waals surface area (Å²) in [6.07, 6.45) is 4.68. The zero-order valence-electron chi connectivity index (χ0n) is 16.6. The zero-order valence-corrected chi connectivity index (χ0v) is 17.4. The zero-order chi connectivity index (χ0) is 20.1. The molecule has 1 N–H and O–H groups in total. The van der Waals surface area contributed by atoms with Crippen LogP contribution in [0.5, 0.6) is 0 Å². The van der Waals surface area contributed by atoms with Crippen LogP contribution in [0, 0.1) is 6.92 Å². The summed E-state index contributed by atoms with van der Waals surface area (Å²) in [7, 11) is -3.61. The molecule has 1 aliphatic rings. The quantitative estimate of drug-likeness (QED) is 0.713. The van der Waals surface area contributed by atoms with Crippen molar-refractivity contribution >= 4 is 21.6 Å². The second kappa shape index (κ2) is 8.78. The summed E-state index contributed by atoms with van der Waals surface area (Å²) >= 11 is 0. The third-order valence-electron chi connectivity index (χ3n) is 5.09. The van der Waals surface area contributed by atoms with Crippen LogP contribution in [-0.4, -0.2) is 27.4 Å². The van der Waals surface area contributed by atoms with Crippen molar-refractivity contribution in [2.75, 3.05) is 17.4 Å². The lowest BCUT2D eigenvalue weighted by Crippen LogP contribution is -2.35. The van der Waals surface area contributed by atoms with E-state index in [2.05, 4.69) is 12.2 Å². The van der Waals surface area contributed by atoms with E-state index in [9.17, 15) is 13.2 Å². The second-order valence-electron chi connectivity index (χ2n) is 7.30. The fourth-order valence-corrected chi connectivity index (χ4v) is 5.01. The number of benzene rings is 2. The molecule has 0 fully saturated rings. The number of aryl methyl sites for hydroxylation is 2. The van der Waals surface area contributed by atoms with Crippen molar-refractivity contribution < 1.29 is 13.2 Å². The lowest BCUT2D eigenvalue weighted by Gasteiger charge is -2.30. The van der Waals surface area contributed by atoms with Crippen LogP contribution in [0.15, 0.2) is 47.4 Å². The molecule has 0 aromatic heterocycles. The number of unbranched alkanes of at least 4 members (excludes halogenated alkanes) is 2. The summed E-state index contributed by atoms with van der Waals surface area (Å²) in [6, 6.07) is 12.2. The van der Waals surface area contributed by atoms with E-state index in [1.165, 1.54) is 4.31 Å². The Morgan fingerprint density at radius 2 is 1.86 bits per heavy atom. The number of carbonyl (C=O) groups excluding carboxylic acids is 1. The molecule has 1 heterocycles. The van der Waals surface area contributed by atoms with Crippen LogP contribution in [0.3, 0.4) is 0 Å². The van der Waals surface area contributed by atoms with Crippen LogP contribution in [-0.2, 0) is 16.4 Å². The highest BCUT2D eigenvalue weighted by molar-refractivity contribution is 7.92. The molecule has 6 heteroatoms. The molecule has 5 nitrogen and oxygen atoms in total. The van der Waals surface area contributed by atoms with Crippen molar-refractivity contribution in [2.24, 2.45) is 0 Å². The fourth-order valence-electron chi connectivity index (χ4n) is 3.47. The average molecular weight is 401 g/mol. The standard InChI is InChI=1S/C22H28N2O3S/c1-3-4-5-14-23-22(25)19-10-13-21-18(16-19)7-6-15-24(21)28(26,27)20-11-8-17(2)9-12-20/h8-13,16H,3-7,14-15H2,1-2H3,(H,23,25). The molecule has 0 aliphatic carbocycles. The Hall–Kier alpha value is -2.34. The summed E-state index contributed by atoms with van der Waals surface area (Å²) in [6.45, 7) is 5.17. The first-order valence-electron chi connectivity index (χ1n) is 9.94. The van der Waals surface area contributed by atoms with E-state index >= 15 is 0 Å². The van der Waals surface area contributed by atoms with Crippen LogP contribution in [0.4, 0.5) is 5.69 Å². The molecule has 150 valence electrons. The van der Waals surface area contributed by atoms with Gasteiger partial charge in [-0.15, -0.1) is 0 Å². The molecule has 0 saturated carbocycles. The van der Waals surface area contributed by atoms with Gasteiger partial charge in [0.2, 0.25) is 0 Å². The van der Waals surface area contributed by atoms with Crippen LogP contribution in [0.1, 0.15) is 54.1 Å². The number of hydrogen-bond donors (Lipinski definition) is 1. The highest BCUT2D eigenvalue weighted by Crippen LogP contribution is 2.32. The number of fused-ring (bicyclic) bond motifs is 1. The highest BCUT2D eigenvalue weighted by Gasteiger charge is 2.29. The van der Waals surface area contributed by atoms with Gasteiger partial charge in [-0.05, 0) is 62.1 Å². The Labute approximate surface area is 167 Å². The number of rotatable bonds is 7. The minimum absolute atomic E-state index is 0.0996. The van der Waals surface area contributed by atoms with Crippen molar-refractivity contribution in [3.63, 3.8) is 0 Å². The maximum atomic E-state index is 13.1. The van der Waals surface area contributed by atoms with Gasteiger partial charge in [0.05, 0.1) is 10.6 Å². The molecule has 1 amide bonds. The first-order chi connectivity index (χ1) is 13.4. The van der Waals surface area contributed by atoms with E-state index in [1.807, 2.05) is 25.1 Å². The van der Waals surface area contributed by atoms with Crippen LogP contribution in [0.25, 0.3) is 0 Å². The van der Waals surface area contributed by atoms with Gasteiger partial charge in [0.1, 0.15) is 0 Å². The van der Waals surface area contributed by atoms with Crippen molar-refractivity contribution in [3.8, 4) is 0 Å². The summed E-state index contributed by atoms with van der Waals surface area (Å²) < 4.78 is 27.7. The molecule has 0 spiro atoms. The molecule has 3 rings (SSSR count). The molecule has 0 radical (unpaired) electrons. The molecule has 0 unspecified atom stereocenters. The lowest BCUT2D eigenvalue weighted by atomic mass is 10.0. The predicted octanol–water partition coefficient (Wildman–Crippen LogP) is 4.06. The Bertz CT molecular complexity index is 937. The average Bonchev–Trinajstić information content (AvgIpc) is 2.70.